The molecule has 1 aromatic heterocycles. The number of nitrogens with two attached hydrogens (primary N) is 1. The molecule has 0 unspecified atom stereocenters. The number of hydrogen-bond donors (Lipinski definition) is 3. The van der Waals surface area contributed by atoms with E-state index in [-0.39, 0.29) is 53.4 Å². The number of carbonyl (C=O) groups excluding carboxylic acids is 4. The molecule has 0 saturated carbocycles. The standard InChI is InChI=1S/C26H26ClN5O5S/c1-31(2)26(36)17-5-3-4-16(13-29-25(35)20-8-9-21(27)38-20)23(17)30-24(34)15-6-7-19(18(28)12-15)32-10-11-37-14-22(32)33/h3-9,12H,10-11,13-14,28H2,1-2H3,(H,29,35)(H,30,34). The van der Waals surface area contributed by atoms with Gasteiger partial charge in [0.25, 0.3) is 23.6 Å². The van der Waals surface area contributed by atoms with Crippen LogP contribution in [0.4, 0.5) is 17.1 Å². The molecule has 198 valence electrons. The molecule has 38 heavy (non-hydrogen) atoms. The summed E-state index contributed by atoms with van der Waals surface area (Å²) in [5.41, 5.74) is 8.26. The van der Waals surface area contributed by atoms with E-state index in [4.69, 9.17) is 22.1 Å². The monoisotopic (exact) mass is 555 g/mol. The maximum atomic E-state index is 13.3. The molecule has 2 aromatic carbocycles. The third kappa shape index (κ3) is 5.96. The van der Waals surface area contributed by atoms with E-state index in [1.54, 1.807) is 56.6 Å². The third-order valence-electron chi connectivity index (χ3n) is 5.83. The zero-order valence-corrected chi connectivity index (χ0v) is 22.3. The molecule has 0 bridgehead atoms. The van der Waals surface area contributed by atoms with E-state index in [1.165, 1.54) is 15.9 Å². The number of nitrogens with zero attached hydrogens (tertiary/aromatic N) is 2. The van der Waals surface area contributed by atoms with Crippen LogP contribution in [0.2, 0.25) is 4.34 Å². The first-order valence-electron chi connectivity index (χ1n) is 11.6. The number of nitrogens with one attached hydrogen (secondary N) is 2. The second kappa shape index (κ2) is 11.6. The van der Waals surface area contributed by atoms with Crippen molar-refractivity contribution >= 4 is 63.6 Å². The lowest BCUT2D eigenvalue weighted by Crippen LogP contribution is -2.42. The first kappa shape index (κ1) is 27.1. The minimum Gasteiger partial charge on any atom is -0.397 e. The predicted octanol–water partition coefficient (Wildman–Crippen LogP) is 3.23. The van der Waals surface area contributed by atoms with Gasteiger partial charge in [-0.05, 0) is 42.0 Å². The molecule has 4 rings (SSSR count). The smallest absolute Gasteiger partial charge is 0.261 e. The number of morpholine rings is 1. The molecule has 1 aliphatic rings. The van der Waals surface area contributed by atoms with Crippen LogP contribution in [0.3, 0.4) is 0 Å². The summed E-state index contributed by atoms with van der Waals surface area (Å²) in [7, 11) is 3.21. The van der Waals surface area contributed by atoms with Gasteiger partial charge in [-0.3, -0.25) is 19.2 Å². The summed E-state index contributed by atoms with van der Waals surface area (Å²) in [4.78, 5) is 54.3. The number of halogens is 1. The van der Waals surface area contributed by atoms with Crippen LogP contribution in [0, 0.1) is 0 Å². The van der Waals surface area contributed by atoms with Gasteiger partial charge in [0.05, 0.1) is 38.4 Å². The van der Waals surface area contributed by atoms with Crippen LogP contribution in [0.5, 0.6) is 0 Å². The van der Waals surface area contributed by atoms with E-state index in [2.05, 4.69) is 10.6 Å². The Morgan fingerprint density at radius 3 is 2.58 bits per heavy atom. The highest BCUT2D eigenvalue weighted by atomic mass is 35.5. The number of amides is 4. The zero-order valence-electron chi connectivity index (χ0n) is 20.7. The van der Waals surface area contributed by atoms with Gasteiger partial charge in [-0.1, -0.05) is 23.7 Å². The number of ether oxygens (including phenoxy) is 1. The molecule has 4 amide bonds. The summed E-state index contributed by atoms with van der Waals surface area (Å²) in [6.07, 6.45) is 0. The normalized spacial score (nSPS) is 13.2. The topological polar surface area (TPSA) is 134 Å². The van der Waals surface area contributed by atoms with Crippen molar-refractivity contribution in [2.75, 3.05) is 49.8 Å². The second-order valence-corrected chi connectivity index (χ2v) is 10.4. The van der Waals surface area contributed by atoms with Gasteiger partial charge in [-0.25, -0.2) is 0 Å². The molecule has 2 heterocycles. The van der Waals surface area contributed by atoms with Crippen molar-refractivity contribution in [3.63, 3.8) is 0 Å². The van der Waals surface area contributed by atoms with Gasteiger partial charge in [-0.2, -0.15) is 0 Å². The molecule has 0 aliphatic carbocycles. The SMILES string of the molecule is CN(C)C(=O)c1cccc(CNC(=O)c2ccc(Cl)s2)c1NC(=O)c1ccc(N2CCOCC2=O)c(N)c1. The number of nitrogen functional groups attached to an aromatic ring is 1. The lowest BCUT2D eigenvalue weighted by atomic mass is 10.0. The number of benzene rings is 2. The Morgan fingerprint density at radius 1 is 1.13 bits per heavy atom. The summed E-state index contributed by atoms with van der Waals surface area (Å²) in [6.45, 7) is 0.778. The minimum absolute atomic E-state index is 0.0306. The molecule has 0 atom stereocenters. The molecule has 10 nitrogen and oxygen atoms in total. The Kier molecular flexibility index (Phi) is 8.30. The van der Waals surface area contributed by atoms with Crippen LogP contribution < -0.4 is 21.3 Å². The van der Waals surface area contributed by atoms with Crippen molar-refractivity contribution in [2.45, 2.75) is 6.54 Å². The van der Waals surface area contributed by atoms with E-state index in [1.807, 2.05) is 0 Å². The minimum atomic E-state index is -0.506. The average molecular weight is 556 g/mol. The average Bonchev–Trinajstić information content (AvgIpc) is 3.34. The van der Waals surface area contributed by atoms with E-state index in [0.29, 0.717) is 33.6 Å². The van der Waals surface area contributed by atoms with Gasteiger partial charge < -0.3 is 30.9 Å². The number of carbonyl (C=O) groups is 4. The fourth-order valence-electron chi connectivity index (χ4n) is 3.91. The summed E-state index contributed by atoms with van der Waals surface area (Å²) in [5.74, 6) is -1.37. The Balaban J connectivity index is 1.60. The molecule has 4 N–H and O–H groups in total. The van der Waals surface area contributed by atoms with Crippen LogP contribution in [-0.4, -0.2) is 62.4 Å². The van der Waals surface area contributed by atoms with Crippen molar-refractivity contribution < 1.29 is 23.9 Å². The molecule has 3 aromatic rings. The van der Waals surface area contributed by atoms with Crippen LogP contribution in [0.25, 0.3) is 0 Å². The van der Waals surface area contributed by atoms with Crippen LogP contribution in [-0.2, 0) is 16.1 Å². The first-order valence-corrected chi connectivity index (χ1v) is 12.8. The highest BCUT2D eigenvalue weighted by molar-refractivity contribution is 7.18. The molecule has 0 radical (unpaired) electrons. The van der Waals surface area contributed by atoms with Gasteiger partial charge in [-0.15, -0.1) is 11.3 Å². The Morgan fingerprint density at radius 2 is 1.92 bits per heavy atom. The Bertz CT molecular complexity index is 1410. The number of rotatable bonds is 7. The molecule has 0 spiro atoms. The number of anilines is 3. The quantitative estimate of drug-likeness (QED) is 0.383. The van der Waals surface area contributed by atoms with E-state index >= 15 is 0 Å². The summed E-state index contributed by atoms with van der Waals surface area (Å²) >= 11 is 7.08. The van der Waals surface area contributed by atoms with Gasteiger partial charge >= 0.3 is 0 Å². The molecular formula is C26H26ClN5O5S. The van der Waals surface area contributed by atoms with Crippen molar-refractivity contribution in [1.29, 1.82) is 0 Å². The Hall–Kier alpha value is -3.93. The largest absolute Gasteiger partial charge is 0.397 e. The van der Waals surface area contributed by atoms with Gasteiger partial charge in [0.2, 0.25) is 0 Å². The van der Waals surface area contributed by atoms with E-state index < -0.39 is 5.91 Å². The number of thiophene rings is 1. The fraction of sp³-hybridized carbons (Fsp3) is 0.231. The van der Waals surface area contributed by atoms with Crippen molar-refractivity contribution in [2.24, 2.45) is 0 Å². The van der Waals surface area contributed by atoms with Crippen molar-refractivity contribution in [3.05, 3.63) is 74.4 Å². The van der Waals surface area contributed by atoms with Crippen molar-refractivity contribution in [3.8, 4) is 0 Å². The maximum absolute atomic E-state index is 13.3. The summed E-state index contributed by atoms with van der Waals surface area (Å²) < 4.78 is 5.65. The third-order valence-corrected chi connectivity index (χ3v) is 7.06. The molecule has 12 heteroatoms. The first-order chi connectivity index (χ1) is 18.2. The molecular weight excluding hydrogens is 530 g/mol. The van der Waals surface area contributed by atoms with Crippen LogP contribution in [0.15, 0.2) is 48.5 Å². The predicted molar refractivity (Wildman–Crippen MR) is 147 cm³/mol. The van der Waals surface area contributed by atoms with E-state index in [0.717, 1.165) is 11.3 Å². The maximum Gasteiger partial charge on any atom is 0.261 e. The number of para-hydroxylation sites is 1. The van der Waals surface area contributed by atoms with Gasteiger partial charge in [0.1, 0.15) is 6.61 Å². The second-order valence-electron chi connectivity index (χ2n) is 8.65. The molecule has 1 saturated heterocycles. The van der Waals surface area contributed by atoms with Crippen molar-refractivity contribution in [1.82, 2.24) is 10.2 Å². The molecule has 1 aliphatic heterocycles. The Labute approximate surface area is 228 Å². The summed E-state index contributed by atoms with van der Waals surface area (Å²) in [6, 6.07) is 12.9. The van der Waals surface area contributed by atoms with Crippen LogP contribution >= 0.6 is 22.9 Å². The highest BCUT2D eigenvalue weighted by Crippen LogP contribution is 2.28. The lowest BCUT2D eigenvalue weighted by Gasteiger charge is -2.28. The lowest BCUT2D eigenvalue weighted by molar-refractivity contribution is -0.125. The fourth-order valence-corrected chi connectivity index (χ4v) is 4.87. The van der Waals surface area contributed by atoms with Gasteiger partial charge in [0, 0.05) is 32.7 Å². The number of hydrogen-bond acceptors (Lipinski definition) is 7. The zero-order chi connectivity index (χ0) is 27.4. The van der Waals surface area contributed by atoms with Gasteiger partial charge in [0.15, 0.2) is 0 Å². The molecule has 1 fully saturated rings. The van der Waals surface area contributed by atoms with E-state index in [9.17, 15) is 19.2 Å². The summed E-state index contributed by atoms with van der Waals surface area (Å²) in [5, 5.41) is 5.62. The van der Waals surface area contributed by atoms with Crippen LogP contribution in [0.1, 0.15) is 36.0 Å². The highest BCUT2D eigenvalue weighted by Gasteiger charge is 2.24.